The van der Waals surface area contributed by atoms with Gasteiger partial charge in [-0.3, -0.25) is 14.8 Å². The number of halogens is 4. The van der Waals surface area contributed by atoms with Crippen molar-refractivity contribution in [2.45, 2.75) is 24.9 Å². The fraction of sp³-hybridized carbons (Fsp3) is 0.421. The summed E-state index contributed by atoms with van der Waals surface area (Å²) in [6.07, 6.45) is -2.53. The Morgan fingerprint density at radius 1 is 1.27 bits per heavy atom. The number of ether oxygens (including phenoxy) is 1. The molecule has 2 heterocycles. The average Bonchev–Trinajstić information content (AvgIpc) is 3.53. The molecule has 30 heavy (non-hydrogen) atoms. The third-order valence-electron chi connectivity index (χ3n) is 5.05. The van der Waals surface area contributed by atoms with Crippen LogP contribution in [-0.2, 0) is 10.9 Å². The maximum absolute atomic E-state index is 14.5. The van der Waals surface area contributed by atoms with E-state index < -0.39 is 28.8 Å². The van der Waals surface area contributed by atoms with Crippen molar-refractivity contribution in [1.82, 2.24) is 9.97 Å². The van der Waals surface area contributed by atoms with Crippen molar-refractivity contribution in [2.75, 3.05) is 36.9 Å². The maximum Gasteiger partial charge on any atom is 0.418 e. The Labute approximate surface area is 168 Å². The predicted molar refractivity (Wildman–Crippen MR) is 103 cm³/mol. The number of nitrogens with two attached hydrogens (primary N) is 1. The minimum Gasteiger partial charge on any atom is -0.383 e. The van der Waals surface area contributed by atoms with Gasteiger partial charge in [0.05, 0.1) is 18.8 Å². The lowest BCUT2D eigenvalue weighted by Crippen LogP contribution is -2.38. The number of aromatic nitrogens is 2. The standard InChI is InChI=1S/C19H19F4N5O2/c20-14-8-11(10-1-2-10)7-13(19(21,22)23)15(14)25-9-12-16(24)26-18(27-17(12)29)28-3-5-30-6-4-28/h7-10H,1-6H2,(H3,24,26,27,29). The first-order chi connectivity index (χ1) is 14.2. The van der Waals surface area contributed by atoms with Crippen molar-refractivity contribution in [3.8, 4) is 0 Å². The summed E-state index contributed by atoms with van der Waals surface area (Å²) in [4.78, 5) is 24.4. The highest BCUT2D eigenvalue weighted by molar-refractivity contribution is 5.87. The van der Waals surface area contributed by atoms with E-state index in [1.54, 1.807) is 4.90 Å². The molecular formula is C19H19F4N5O2. The van der Waals surface area contributed by atoms with Gasteiger partial charge >= 0.3 is 6.18 Å². The van der Waals surface area contributed by atoms with Gasteiger partial charge in [0, 0.05) is 19.3 Å². The number of anilines is 2. The Bertz CT molecular complexity index is 1040. The van der Waals surface area contributed by atoms with Crippen LogP contribution in [0.4, 0.5) is 35.0 Å². The maximum atomic E-state index is 14.5. The molecule has 1 saturated heterocycles. The first kappa shape index (κ1) is 20.3. The summed E-state index contributed by atoms with van der Waals surface area (Å²) < 4.78 is 60.1. The number of alkyl halides is 3. The SMILES string of the molecule is Nc1nc(N2CCOCC2)[nH]c(=O)c1C=Nc1c(F)cc(C2CC2)cc1C(F)(F)F. The molecule has 0 atom stereocenters. The number of aromatic amines is 1. The Morgan fingerprint density at radius 3 is 2.57 bits per heavy atom. The third kappa shape index (κ3) is 4.16. The molecule has 1 saturated carbocycles. The molecule has 4 rings (SSSR count). The summed E-state index contributed by atoms with van der Waals surface area (Å²) in [5.74, 6) is -1.15. The number of nitrogens with one attached hydrogen (secondary N) is 1. The highest BCUT2D eigenvalue weighted by Crippen LogP contribution is 2.45. The van der Waals surface area contributed by atoms with Gasteiger partial charge < -0.3 is 15.4 Å². The molecular weight excluding hydrogens is 406 g/mol. The molecule has 7 nitrogen and oxygen atoms in total. The van der Waals surface area contributed by atoms with Crippen LogP contribution in [0.5, 0.6) is 0 Å². The summed E-state index contributed by atoms with van der Waals surface area (Å²) in [5, 5.41) is 0. The molecule has 0 spiro atoms. The van der Waals surface area contributed by atoms with Gasteiger partial charge in [-0.15, -0.1) is 0 Å². The lowest BCUT2D eigenvalue weighted by molar-refractivity contribution is -0.137. The first-order valence-corrected chi connectivity index (χ1v) is 9.41. The monoisotopic (exact) mass is 425 g/mol. The normalized spacial score (nSPS) is 17.7. The molecule has 0 amide bonds. The molecule has 1 aromatic carbocycles. The zero-order valence-corrected chi connectivity index (χ0v) is 15.8. The minimum atomic E-state index is -4.80. The Kier molecular flexibility index (Phi) is 5.22. The quantitative estimate of drug-likeness (QED) is 0.580. The second kappa shape index (κ2) is 7.71. The van der Waals surface area contributed by atoms with E-state index in [1.165, 1.54) is 0 Å². The number of morpholine rings is 1. The van der Waals surface area contributed by atoms with Crippen LogP contribution in [0.3, 0.4) is 0 Å². The number of benzene rings is 1. The van der Waals surface area contributed by atoms with Crippen molar-refractivity contribution in [3.05, 3.63) is 45.0 Å². The fourth-order valence-electron chi connectivity index (χ4n) is 3.29. The van der Waals surface area contributed by atoms with Crippen molar-refractivity contribution < 1.29 is 22.3 Å². The second-order valence-corrected chi connectivity index (χ2v) is 7.22. The fourth-order valence-corrected chi connectivity index (χ4v) is 3.29. The molecule has 1 aliphatic heterocycles. The molecule has 0 radical (unpaired) electrons. The van der Waals surface area contributed by atoms with Crippen LogP contribution in [0.15, 0.2) is 21.9 Å². The van der Waals surface area contributed by atoms with Gasteiger partial charge in [0.15, 0.2) is 0 Å². The summed E-state index contributed by atoms with van der Waals surface area (Å²) in [5.41, 5.74) is 3.13. The molecule has 2 aliphatic rings. The molecule has 2 aromatic rings. The summed E-state index contributed by atoms with van der Waals surface area (Å²) in [6, 6.07) is 1.98. The van der Waals surface area contributed by atoms with Gasteiger partial charge in [0.25, 0.3) is 5.56 Å². The highest BCUT2D eigenvalue weighted by Gasteiger charge is 2.37. The van der Waals surface area contributed by atoms with E-state index in [0.29, 0.717) is 31.9 Å². The smallest absolute Gasteiger partial charge is 0.383 e. The van der Waals surface area contributed by atoms with E-state index >= 15 is 0 Å². The molecule has 0 bridgehead atoms. The van der Waals surface area contributed by atoms with Gasteiger partial charge in [-0.25, -0.2) is 4.39 Å². The first-order valence-electron chi connectivity index (χ1n) is 9.41. The third-order valence-corrected chi connectivity index (χ3v) is 5.05. The topological polar surface area (TPSA) is 96.6 Å². The van der Waals surface area contributed by atoms with Gasteiger partial charge in [0.2, 0.25) is 5.95 Å². The van der Waals surface area contributed by atoms with E-state index in [0.717, 1.165) is 31.2 Å². The lowest BCUT2D eigenvalue weighted by Gasteiger charge is -2.27. The molecule has 3 N–H and O–H groups in total. The van der Waals surface area contributed by atoms with Crippen molar-refractivity contribution in [1.29, 1.82) is 0 Å². The number of H-pyrrole nitrogens is 1. The van der Waals surface area contributed by atoms with Crippen LogP contribution < -0.4 is 16.2 Å². The van der Waals surface area contributed by atoms with Crippen LogP contribution in [0.1, 0.15) is 35.4 Å². The largest absolute Gasteiger partial charge is 0.418 e. The summed E-state index contributed by atoms with van der Waals surface area (Å²) in [6.45, 7) is 1.93. The zero-order chi connectivity index (χ0) is 21.5. The number of nitrogens with zero attached hydrogens (tertiary/aromatic N) is 3. The molecule has 1 aliphatic carbocycles. The zero-order valence-electron chi connectivity index (χ0n) is 15.8. The van der Waals surface area contributed by atoms with Gasteiger partial charge in [-0.05, 0) is 36.5 Å². The van der Waals surface area contributed by atoms with Crippen LogP contribution in [0.2, 0.25) is 0 Å². The Hall–Kier alpha value is -2.95. The van der Waals surface area contributed by atoms with Crippen LogP contribution in [0.25, 0.3) is 0 Å². The van der Waals surface area contributed by atoms with E-state index in [4.69, 9.17) is 10.5 Å². The van der Waals surface area contributed by atoms with Crippen LogP contribution >= 0.6 is 0 Å². The van der Waals surface area contributed by atoms with Gasteiger partial charge in [-0.1, -0.05) is 0 Å². The number of rotatable bonds is 4. The highest BCUT2D eigenvalue weighted by atomic mass is 19.4. The summed E-state index contributed by atoms with van der Waals surface area (Å²) in [7, 11) is 0. The van der Waals surface area contributed by atoms with Crippen molar-refractivity contribution >= 4 is 23.7 Å². The predicted octanol–water partition coefficient (Wildman–Crippen LogP) is 2.97. The van der Waals surface area contributed by atoms with E-state index in [-0.39, 0.29) is 23.2 Å². The summed E-state index contributed by atoms with van der Waals surface area (Å²) >= 11 is 0. The average molecular weight is 425 g/mol. The minimum absolute atomic E-state index is 0.0611. The molecule has 11 heteroatoms. The molecule has 0 unspecified atom stereocenters. The number of hydrogen-bond donors (Lipinski definition) is 2. The number of hydrogen-bond acceptors (Lipinski definition) is 6. The Balaban J connectivity index is 1.69. The second-order valence-electron chi connectivity index (χ2n) is 7.22. The van der Waals surface area contributed by atoms with Crippen molar-refractivity contribution in [3.63, 3.8) is 0 Å². The van der Waals surface area contributed by atoms with Crippen LogP contribution in [-0.4, -0.2) is 42.5 Å². The van der Waals surface area contributed by atoms with E-state index in [1.807, 2.05) is 0 Å². The number of aliphatic imine (C=N–C) groups is 1. The van der Waals surface area contributed by atoms with E-state index in [2.05, 4.69) is 15.0 Å². The lowest BCUT2D eigenvalue weighted by atomic mass is 10.0. The molecule has 1 aromatic heterocycles. The van der Waals surface area contributed by atoms with E-state index in [9.17, 15) is 22.4 Å². The van der Waals surface area contributed by atoms with Crippen LogP contribution in [0, 0.1) is 5.82 Å². The number of nitrogen functional groups attached to an aromatic ring is 1. The van der Waals surface area contributed by atoms with Crippen molar-refractivity contribution in [2.24, 2.45) is 4.99 Å². The molecule has 2 fully saturated rings. The van der Waals surface area contributed by atoms with Gasteiger partial charge in [-0.2, -0.15) is 18.2 Å². The Morgan fingerprint density at radius 2 is 1.97 bits per heavy atom. The van der Waals surface area contributed by atoms with Gasteiger partial charge in [0.1, 0.15) is 22.9 Å². The molecule has 160 valence electrons.